The summed E-state index contributed by atoms with van der Waals surface area (Å²) in [7, 11) is 0. The Hall–Kier alpha value is -1.42. The third-order valence-corrected chi connectivity index (χ3v) is 4.36. The molecule has 0 aromatic heterocycles. The summed E-state index contributed by atoms with van der Waals surface area (Å²) < 4.78 is 5.61. The molecule has 0 radical (unpaired) electrons. The van der Waals surface area contributed by atoms with Crippen LogP contribution in [0.1, 0.15) is 39.0 Å². The smallest absolute Gasteiger partial charge is 0.317 e. The van der Waals surface area contributed by atoms with Gasteiger partial charge < -0.3 is 15.0 Å². The highest BCUT2D eigenvalue weighted by Crippen LogP contribution is 2.23. The molecule has 2 rings (SSSR count). The van der Waals surface area contributed by atoms with Crippen LogP contribution in [0.5, 0.6) is 5.75 Å². The molecule has 4 nitrogen and oxygen atoms in total. The molecule has 0 aliphatic carbocycles. The molecule has 1 heterocycles. The number of nitrogens with one attached hydrogen (secondary N) is 1. The van der Waals surface area contributed by atoms with Gasteiger partial charge in [0.2, 0.25) is 0 Å². The highest BCUT2D eigenvalue weighted by molar-refractivity contribution is 6.32. The van der Waals surface area contributed by atoms with Gasteiger partial charge in [0.25, 0.3) is 0 Å². The van der Waals surface area contributed by atoms with Crippen LogP contribution in [0.25, 0.3) is 0 Å². The van der Waals surface area contributed by atoms with Crippen LogP contribution in [0, 0.1) is 0 Å². The molecule has 1 N–H and O–H groups in total. The second-order valence-electron chi connectivity index (χ2n) is 5.62. The standard InChI is InChI=1S/C17H25ClN2O2/c1-2-14-8-5-6-12-20(14)17(21)19-11-7-13-22-16-10-4-3-9-15(16)18/h3-4,9-10,14H,2,5-8,11-13H2,1H3,(H,19,21). The van der Waals surface area contributed by atoms with E-state index < -0.39 is 0 Å². The molecule has 0 saturated carbocycles. The number of carbonyl (C=O) groups excluding carboxylic acids is 1. The lowest BCUT2D eigenvalue weighted by Crippen LogP contribution is -2.48. The van der Waals surface area contributed by atoms with E-state index in [4.69, 9.17) is 16.3 Å². The number of para-hydroxylation sites is 1. The van der Waals surface area contributed by atoms with Crippen molar-refractivity contribution in [3.8, 4) is 5.75 Å². The first-order valence-corrected chi connectivity index (χ1v) is 8.52. The zero-order chi connectivity index (χ0) is 15.8. The van der Waals surface area contributed by atoms with E-state index >= 15 is 0 Å². The van der Waals surface area contributed by atoms with Crippen LogP contribution in [0.2, 0.25) is 5.02 Å². The minimum absolute atomic E-state index is 0.0595. The van der Waals surface area contributed by atoms with Crippen molar-refractivity contribution in [2.45, 2.75) is 45.1 Å². The summed E-state index contributed by atoms with van der Waals surface area (Å²) in [5, 5.41) is 3.61. The van der Waals surface area contributed by atoms with Gasteiger partial charge in [0.05, 0.1) is 11.6 Å². The summed E-state index contributed by atoms with van der Waals surface area (Å²) >= 11 is 6.02. The fraction of sp³-hybridized carbons (Fsp3) is 0.588. The molecule has 1 fully saturated rings. The molecule has 1 aliphatic rings. The van der Waals surface area contributed by atoms with Gasteiger partial charge in [-0.3, -0.25) is 0 Å². The molecule has 5 heteroatoms. The maximum atomic E-state index is 12.2. The van der Waals surface area contributed by atoms with Gasteiger partial charge in [0.15, 0.2) is 0 Å². The Labute approximate surface area is 137 Å². The van der Waals surface area contributed by atoms with Crippen molar-refractivity contribution >= 4 is 17.6 Å². The van der Waals surface area contributed by atoms with E-state index in [1.165, 1.54) is 6.42 Å². The van der Waals surface area contributed by atoms with Crippen LogP contribution in [-0.2, 0) is 0 Å². The van der Waals surface area contributed by atoms with Crippen molar-refractivity contribution in [2.24, 2.45) is 0 Å². The average molecular weight is 325 g/mol. The van der Waals surface area contributed by atoms with Crippen molar-refractivity contribution in [3.05, 3.63) is 29.3 Å². The summed E-state index contributed by atoms with van der Waals surface area (Å²) in [4.78, 5) is 14.2. The molecule has 1 aromatic carbocycles. The number of amides is 2. The minimum Gasteiger partial charge on any atom is -0.492 e. The van der Waals surface area contributed by atoms with Gasteiger partial charge in [-0.05, 0) is 44.2 Å². The third-order valence-electron chi connectivity index (χ3n) is 4.05. The maximum absolute atomic E-state index is 12.2. The van der Waals surface area contributed by atoms with Crippen LogP contribution >= 0.6 is 11.6 Å². The molecule has 1 saturated heterocycles. The van der Waals surface area contributed by atoms with Crippen molar-refractivity contribution in [1.29, 1.82) is 0 Å². The topological polar surface area (TPSA) is 41.6 Å². The second kappa shape index (κ2) is 8.89. The van der Waals surface area contributed by atoms with Crippen molar-refractivity contribution < 1.29 is 9.53 Å². The van der Waals surface area contributed by atoms with Gasteiger partial charge >= 0.3 is 6.03 Å². The molecule has 1 atom stereocenters. The Morgan fingerprint density at radius 1 is 1.41 bits per heavy atom. The average Bonchev–Trinajstić information content (AvgIpc) is 2.56. The molecule has 2 amide bonds. The second-order valence-corrected chi connectivity index (χ2v) is 6.02. The van der Waals surface area contributed by atoms with Crippen molar-refractivity contribution in [1.82, 2.24) is 10.2 Å². The normalized spacial score (nSPS) is 18.1. The highest BCUT2D eigenvalue weighted by atomic mass is 35.5. The summed E-state index contributed by atoms with van der Waals surface area (Å²) in [6, 6.07) is 7.88. The molecule has 1 aromatic rings. The Balaban J connectivity index is 1.66. The number of carbonyl (C=O) groups is 1. The van der Waals surface area contributed by atoms with Crippen LogP contribution in [0.3, 0.4) is 0 Å². The molecule has 122 valence electrons. The SMILES string of the molecule is CCC1CCCCN1C(=O)NCCCOc1ccccc1Cl. The van der Waals surface area contributed by atoms with Crippen LogP contribution in [-0.4, -0.2) is 36.7 Å². The minimum atomic E-state index is 0.0595. The summed E-state index contributed by atoms with van der Waals surface area (Å²) in [5.41, 5.74) is 0. The fourth-order valence-electron chi connectivity index (χ4n) is 2.81. The van der Waals surface area contributed by atoms with E-state index in [0.717, 1.165) is 32.2 Å². The Kier molecular flexibility index (Phi) is 6.84. The van der Waals surface area contributed by atoms with E-state index in [1.54, 1.807) is 6.07 Å². The summed E-state index contributed by atoms with van der Waals surface area (Å²) in [6.07, 6.45) is 5.26. The predicted octanol–water partition coefficient (Wildman–Crippen LogP) is 4.08. The Morgan fingerprint density at radius 2 is 2.23 bits per heavy atom. The van der Waals surface area contributed by atoms with Gasteiger partial charge in [-0.15, -0.1) is 0 Å². The molecule has 0 bridgehead atoms. The van der Waals surface area contributed by atoms with Crippen molar-refractivity contribution in [3.63, 3.8) is 0 Å². The molecule has 1 aliphatic heterocycles. The van der Waals surface area contributed by atoms with Gasteiger partial charge in [-0.1, -0.05) is 30.7 Å². The number of hydrogen-bond donors (Lipinski definition) is 1. The number of rotatable bonds is 6. The van der Waals surface area contributed by atoms with E-state index in [1.807, 2.05) is 23.1 Å². The third kappa shape index (κ3) is 4.80. The fourth-order valence-corrected chi connectivity index (χ4v) is 3.00. The molecule has 22 heavy (non-hydrogen) atoms. The molecular weight excluding hydrogens is 300 g/mol. The molecular formula is C17H25ClN2O2. The Morgan fingerprint density at radius 3 is 3.00 bits per heavy atom. The van der Waals surface area contributed by atoms with Gasteiger partial charge in [-0.2, -0.15) is 0 Å². The number of piperidine rings is 1. The number of urea groups is 1. The number of likely N-dealkylation sites (tertiary alicyclic amines) is 1. The number of nitrogens with zero attached hydrogens (tertiary/aromatic N) is 1. The van der Waals surface area contributed by atoms with Crippen LogP contribution < -0.4 is 10.1 Å². The predicted molar refractivity (Wildman–Crippen MR) is 89.6 cm³/mol. The number of halogens is 1. The lowest BCUT2D eigenvalue weighted by atomic mass is 10.0. The quantitative estimate of drug-likeness (QED) is 0.801. The van der Waals surface area contributed by atoms with Gasteiger partial charge in [-0.25, -0.2) is 4.79 Å². The number of benzene rings is 1. The van der Waals surface area contributed by atoms with E-state index in [0.29, 0.717) is 30.0 Å². The van der Waals surface area contributed by atoms with Crippen LogP contribution in [0.15, 0.2) is 24.3 Å². The largest absolute Gasteiger partial charge is 0.492 e. The highest BCUT2D eigenvalue weighted by Gasteiger charge is 2.24. The maximum Gasteiger partial charge on any atom is 0.317 e. The van der Waals surface area contributed by atoms with Crippen LogP contribution in [0.4, 0.5) is 4.79 Å². The zero-order valence-corrected chi connectivity index (χ0v) is 13.9. The first-order valence-electron chi connectivity index (χ1n) is 8.14. The van der Waals surface area contributed by atoms with Gasteiger partial charge in [0, 0.05) is 19.1 Å². The number of ether oxygens (including phenoxy) is 1. The lowest BCUT2D eigenvalue weighted by molar-refractivity contribution is 0.148. The Bertz CT molecular complexity index is 481. The zero-order valence-electron chi connectivity index (χ0n) is 13.2. The molecule has 1 unspecified atom stereocenters. The van der Waals surface area contributed by atoms with Crippen molar-refractivity contribution in [2.75, 3.05) is 19.7 Å². The van der Waals surface area contributed by atoms with E-state index in [9.17, 15) is 4.79 Å². The monoisotopic (exact) mass is 324 g/mol. The number of hydrogen-bond acceptors (Lipinski definition) is 2. The lowest BCUT2D eigenvalue weighted by Gasteiger charge is -2.35. The summed E-state index contributed by atoms with van der Waals surface area (Å²) in [6.45, 7) is 4.19. The molecule has 0 spiro atoms. The first kappa shape index (κ1) is 16.9. The summed E-state index contributed by atoms with van der Waals surface area (Å²) in [5.74, 6) is 0.692. The first-order chi connectivity index (χ1) is 10.7. The van der Waals surface area contributed by atoms with Gasteiger partial charge in [0.1, 0.15) is 5.75 Å². The van der Waals surface area contributed by atoms with E-state index in [-0.39, 0.29) is 6.03 Å². The van der Waals surface area contributed by atoms with E-state index in [2.05, 4.69) is 12.2 Å².